The summed E-state index contributed by atoms with van der Waals surface area (Å²) < 4.78 is 0. The largest absolute Gasteiger partial charge is 0.0863 e. The lowest BCUT2D eigenvalue weighted by Gasteiger charge is -2.38. The van der Waals surface area contributed by atoms with Gasteiger partial charge in [-0.05, 0) is 73.5 Å². The van der Waals surface area contributed by atoms with Gasteiger partial charge in [-0.1, -0.05) is 53.5 Å². The molecule has 0 heterocycles. The Morgan fingerprint density at radius 3 is 2.20 bits per heavy atom. The van der Waals surface area contributed by atoms with Crippen LogP contribution in [0.15, 0.2) is 12.1 Å². The molecule has 0 spiro atoms. The number of aryl methyl sites for hydroxylation is 3. The maximum absolute atomic E-state index is 2.45. The first kappa shape index (κ1) is 16.0. The van der Waals surface area contributed by atoms with Gasteiger partial charge in [-0.3, -0.25) is 0 Å². The van der Waals surface area contributed by atoms with Crippen molar-refractivity contribution in [2.75, 3.05) is 0 Å². The Hall–Kier alpha value is -0.350. The van der Waals surface area contributed by atoms with E-state index >= 15 is 0 Å². The molecule has 2 rings (SSSR count). The molecule has 1 aromatic rings. The normalized spacial score (nSPS) is 27.6. The van der Waals surface area contributed by atoms with Crippen LogP contribution in [-0.4, -0.2) is 5.66 Å². The van der Waals surface area contributed by atoms with Crippen molar-refractivity contribution in [2.45, 2.75) is 66.5 Å². The van der Waals surface area contributed by atoms with Gasteiger partial charge >= 0.3 is 0 Å². The highest BCUT2D eigenvalue weighted by Gasteiger charge is 2.31. The third-order valence-electron chi connectivity index (χ3n) is 5.03. The molecule has 0 saturated heterocycles. The van der Waals surface area contributed by atoms with Gasteiger partial charge in [0.05, 0.1) is 0 Å². The average molecular weight is 290 g/mol. The van der Waals surface area contributed by atoms with Crippen LogP contribution in [0.25, 0.3) is 0 Å². The second kappa shape index (κ2) is 6.61. The zero-order valence-electron chi connectivity index (χ0n) is 14.1. The first-order valence-electron chi connectivity index (χ1n) is 8.23. The van der Waals surface area contributed by atoms with Crippen molar-refractivity contribution in [3.63, 3.8) is 0 Å². The fourth-order valence-corrected chi connectivity index (χ4v) is 6.22. The molecule has 0 N–H and O–H groups in total. The number of benzene rings is 1. The van der Waals surface area contributed by atoms with Crippen molar-refractivity contribution in [1.29, 1.82) is 0 Å². The maximum atomic E-state index is 2.45. The highest BCUT2D eigenvalue weighted by atomic mass is 31.1. The van der Waals surface area contributed by atoms with Gasteiger partial charge in [0.15, 0.2) is 0 Å². The van der Waals surface area contributed by atoms with E-state index < -0.39 is 0 Å². The molecule has 112 valence electrons. The van der Waals surface area contributed by atoms with Crippen LogP contribution in [-0.2, 0) is 0 Å². The minimum absolute atomic E-state index is 0.839. The minimum Gasteiger partial charge on any atom is -0.0863 e. The molecule has 4 atom stereocenters. The van der Waals surface area contributed by atoms with Gasteiger partial charge in [0.25, 0.3) is 0 Å². The molecule has 1 heteroatoms. The molecule has 0 aliphatic heterocycles. The lowest BCUT2D eigenvalue weighted by molar-refractivity contribution is 0.243. The van der Waals surface area contributed by atoms with Crippen molar-refractivity contribution in [3.8, 4) is 0 Å². The van der Waals surface area contributed by atoms with Crippen molar-refractivity contribution in [3.05, 3.63) is 28.8 Å². The van der Waals surface area contributed by atoms with E-state index in [4.69, 9.17) is 0 Å². The topological polar surface area (TPSA) is 0 Å². The van der Waals surface area contributed by atoms with Crippen molar-refractivity contribution in [1.82, 2.24) is 0 Å². The van der Waals surface area contributed by atoms with Crippen LogP contribution in [0.2, 0.25) is 0 Å². The molecule has 0 radical (unpaired) electrons. The van der Waals surface area contributed by atoms with E-state index in [-0.39, 0.29) is 0 Å². The van der Waals surface area contributed by atoms with Gasteiger partial charge in [-0.2, -0.15) is 0 Å². The van der Waals surface area contributed by atoms with E-state index in [1.54, 1.807) is 5.30 Å². The Morgan fingerprint density at radius 2 is 1.65 bits per heavy atom. The Kier molecular flexibility index (Phi) is 5.30. The zero-order valence-corrected chi connectivity index (χ0v) is 15.1. The van der Waals surface area contributed by atoms with Crippen molar-refractivity contribution >= 4 is 13.9 Å². The quantitative estimate of drug-likeness (QED) is 0.656. The molecule has 1 aliphatic carbocycles. The minimum atomic E-state index is 0.839. The summed E-state index contributed by atoms with van der Waals surface area (Å²) in [5, 5.41) is 1.65. The molecule has 4 unspecified atom stereocenters. The van der Waals surface area contributed by atoms with Gasteiger partial charge in [0.2, 0.25) is 0 Å². The summed E-state index contributed by atoms with van der Waals surface area (Å²) in [6.07, 6.45) is 4.32. The molecule has 1 aliphatic rings. The monoisotopic (exact) mass is 290 g/mol. The van der Waals surface area contributed by atoms with Gasteiger partial charge in [-0.25, -0.2) is 0 Å². The molecule has 1 aromatic carbocycles. The van der Waals surface area contributed by atoms with Crippen LogP contribution in [0.4, 0.5) is 0 Å². The zero-order chi connectivity index (χ0) is 14.9. The van der Waals surface area contributed by atoms with E-state index in [9.17, 15) is 0 Å². The number of hydrogen-bond donors (Lipinski definition) is 0. The van der Waals surface area contributed by atoms with Crippen LogP contribution in [0, 0.1) is 38.5 Å². The summed E-state index contributed by atoms with van der Waals surface area (Å²) in [4.78, 5) is 0. The molecule has 0 nitrogen and oxygen atoms in total. The van der Waals surface area contributed by atoms with E-state index in [0.717, 1.165) is 32.0 Å². The van der Waals surface area contributed by atoms with E-state index in [2.05, 4.69) is 53.7 Å². The standard InChI is InChI=1S/C19H31P/c1-12(2)17-8-7-13(3)11-18(17)20-19-15(5)9-14(4)10-16(19)6/h9-10,12-13,17-18,20H,7-8,11H2,1-6H3. The smallest absolute Gasteiger partial charge is 0.0163 e. The third kappa shape index (κ3) is 3.64. The summed E-state index contributed by atoms with van der Waals surface area (Å²) in [5.74, 6) is 2.70. The maximum Gasteiger partial charge on any atom is -0.0163 e. The highest BCUT2D eigenvalue weighted by molar-refractivity contribution is 7.48. The summed E-state index contributed by atoms with van der Waals surface area (Å²) in [6, 6.07) is 4.73. The summed E-state index contributed by atoms with van der Waals surface area (Å²) in [5.41, 5.74) is 5.35. The molecule has 0 bridgehead atoms. The Bertz CT molecular complexity index is 438. The Labute approximate surface area is 127 Å². The van der Waals surface area contributed by atoms with E-state index in [1.807, 2.05) is 0 Å². The van der Waals surface area contributed by atoms with Crippen molar-refractivity contribution < 1.29 is 0 Å². The van der Waals surface area contributed by atoms with Gasteiger partial charge < -0.3 is 0 Å². The fraction of sp³-hybridized carbons (Fsp3) is 0.684. The van der Waals surface area contributed by atoms with Crippen LogP contribution < -0.4 is 5.30 Å². The molecule has 1 fully saturated rings. The molecule has 0 amide bonds. The van der Waals surface area contributed by atoms with Gasteiger partial charge in [0.1, 0.15) is 0 Å². The van der Waals surface area contributed by atoms with Crippen LogP contribution in [0.3, 0.4) is 0 Å². The predicted octanol–water partition coefficient (Wildman–Crippen LogP) is 5.38. The first-order chi connectivity index (χ1) is 9.38. The highest BCUT2D eigenvalue weighted by Crippen LogP contribution is 2.43. The molecular formula is C19H31P. The van der Waals surface area contributed by atoms with Crippen LogP contribution >= 0.6 is 8.58 Å². The van der Waals surface area contributed by atoms with Crippen molar-refractivity contribution in [2.24, 2.45) is 17.8 Å². The van der Waals surface area contributed by atoms with E-state index in [0.29, 0.717) is 0 Å². The first-order valence-corrected chi connectivity index (χ1v) is 9.30. The average Bonchev–Trinajstić information content (AvgIpc) is 2.33. The summed E-state index contributed by atoms with van der Waals surface area (Å²) in [7, 11) is 1.01. The SMILES string of the molecule is Cc1cc(C)c(PC2CC(C)CCC2C(C)C)c(C)c1. The molecule has 1 saturated carbocycles. The molecule has 20 heavy (non-hydrogen) atoms. The van der Waals surface area contributed by atoms with E-state index in [1.165, 1.54) is 36.0 Å². The van der Waals surface area contributed by atoms with Crippen LogP contribution in [0.1, 0.15) is 56.7 Å². The van der Waals surface area contributed by atoms with Gasteiger partial charge in [0, 0.05) is 0 Å². The molecule has 0 aromatic heterocycles. The van der Waals surface area contributed by atoms with Gasteiger partial charge in [-0.15, -0.1) is 0 Å². The van der Waals surface area contributed by atoms with Crippen LogP contribution in [0.5, 0.6) is 0 Å². The number of rotatable bonds is 3. The number of hydrogen-bond acceptors (Lipinski definition) is 0. The predicted molar refractivity (Wildman–Crippen MR) is 93.7 cm³/mol. The summed E-state index contributed by atoms with van der Waals surface area (Å²) >= 11 is 0. The Balaban J connectivity index is 2.22. The third-order valence-corrected chi connectivity index (χ3v) is 7.14. The lowest BCUT2D eigenvalue weighted by atomic mass is 9.77. The second-order valence-electron chi connectivity index (χ2n) is 7.35. The second-order valence-corrected chi connectivity index (χ2v) is 8.88. The molecular weight excluding hydrogens is 259 g/mol. The fourth-order valence-electron chi connectivity index (χ4n) is 3.96. The summed E-state index contributed by atoms with van der Waals surface area (Å²) in [6.45, 7) is 14.1. The lowest BCUT2D eigenvalue weighted by Crippen LogP contribution is -2.31. The Morgan fingerprint density at radius 1 is 1.05 bits per heavy atom.